The molecule has 6 N–H and O–H groups in total. The van der Waals surface area contributed by atoms with Gasteiger partial charge >= 0.3 is 5.97 Å². The quantitative estimate of drug-likeness (QED) is 0.0146. The van der Waals surface area contributed by atoms with E-state index in [4.69, 9.17) is 40.6 Å². The Kier molecular flexibility index (Phi) is 274. The maximum Gasteiger partial charge on any atom is 0.303 e. The molecule has 0 aromatic heterocycles. The van der Waals surface area contributed by atoms with Crippen LogP contribution in [0, 0.1) is 0 Å². The first-order valence-corrected chi connectivity index (χ1v) is 38.7. The number of allylic oxidation sites excluding steroid dienone is 6. The van der Waals surface area contributed by atoms with Gasteiger partial charge in [-0.25, -0.2) is 19.6 Å². The number of carboxylic acids is 1. The monoisotopic (exact) mass is 1390 g/mol. The van der Waals surface area contributed by atoms with Crippen LogP contribution in [0.3, 0.4) is 0 Å². The van der Waals surface area contributed by atoms with Crippen molar-refractivity contribution in [3.63, 3.8) is 0 Å². The number of hydrogen-bond acceptors (Lipinski definition) is 14. The highest BCUT2D eigenvalue weighted by Gasteiger charge is 1.97. The van der Waals surface area contributed by atoms with Gasteiger partial charge in [0.25, 0.3) is 0 Å². The molecule has 0 aliphatic rings. The molecule has 0 bridgehead atoms. The van der Waals surface area contributed by atoms with Gasteiger partial charge in [0.15, 0.2) is 0 Å². The third-order valence-corrected chi connectivity index (χ3v) is 11.6. The van der Waals surface area contributed by atoms with E-state index >= 15 is 0 Å². The van der Waals surface area contributed by atoms with E-state index in [1.807, 2.05) is 82.8 Å². The van der Waals surface area contributed by atoms with Crippen molar-refractivity contribution in [1.82, 2.24) is 5.32 Å². The molecule has 0 aromatic rings. The van der Waals surface area contributed by atoms with Gasteiger partial charge in [0.1, 0.15) is 26.7 Å². The fourth-order valence-corrected chi connectivity index (χ4v) is 6.85. The minimum atomic E-state index is -0.671. The van der Waals surface area contributed by atoms with Gasteiger partial charge < -0.3 is 50.5 Å². The maximum absolute atomic E-state index is 10.3. The summed E-state index contributed by atoms with van der Waals surface area (Å²) in [7, 11) is 9.89. The summed E-state index contributed by atoms with van der Waals surface area (Å²) < 4.78 is 8.94. The van der Waals surface area contributed by atoms with Crippen LogP contribution in [0.5, 0.6) is 0 Å². The van der Waals surface area contributed by atoms with Crippen LogP contribution in [0.15, 0.2) is 36.5 Å². The van der Waals surface area contributed by atoms with Crippen molar-refractivity contribution in [2.75, 3.05) is 82.1 Å². The third kappa shape index (κ3) is 283. The first-order chi connectivity index (χ1) is 47.0. The Morgan fingerprint density at radius 1 is 0.385 bits per heavy atom. The van der Waals surface area contributed by atoms with E-state index in [9.17, 15) is 9.59 Å². The zero-order valence-electron chi connectivity index (χ0n) is 69.2. The minimum Gasteiger partial charge on any atom is -0.481 e. The SMILES string of the molecule is C=O.C=O.C=O.CC.CC.CC.CCC.CCCC/C=C\C/C=C\CCCCCCCC(=O)O.CCCC=O.CCCCC/C=C\CCCCCCCCCCOOC.CCCCCCCCCCCCCCC.CCCN.CCCOC.CCN.CNCCOOC.COC. The summed E-state index contributed by atoms with van der Waals surface area (Å²) in [6, 6.07) is 0. The molecular weight excluding hydrogens is 1210 g/mol. The highest BCUT2D eigenvalue weighted by molar-refractivity contribution is 5.66. The van der Waals surface area contributed by atoms with Gasteiger partial charge in [-0.3, -0.25) is 4.79 Å². The Hall–Kier alpha value is -2.99. The Balaban J connectivity index is -0.0000000556. The molecule has 0 aliphatic heterocycles. The zero-order valence-corrected chi connectivity index (χ0v) is 69.2. The van der Waals surface area contributed by atoms with Crippen molar-refractivity contribution in [3.8, 4) is 0 Å². The van der Waals surface area contributed by atoms with E-state index in [1.165, 1.54) is 206 Å². The summed E-state index contributed by atoms with van der Waals surface area (Å²) in [5.74, 6) is -0.671. The van der Waals surface area contributed by atoms with Gasteiger partial charge in [-0.15, -0.1) is 0 Å². The van der Waals surface area contributed by atoms with Crippen LogP contribution >= 0.6 is 0 Å². The molecule has 0 radical (unpaired) electrons. The van der Waals surface area contributed by atoms with Crippen LogP contribution in [0.4, 0.5) is 0 Å². The largest absolute Gasteiger partial charge is 0.481 e. The Morgan fingerprint density at radius 3 is 0.906 bits per heavy atom. The molecule has 0 aromatic carbocycles. The van der Waals surface area contributed by atoms with Crippen molar-refractivity contribution < 1.29 is 58.1 Å². The lowest BCUT2D eigenvalue weighted by Gasteiger charge is -2.02. The molecule has 15 nitrogen and oxygen atoms in total. The maximum atomic E-state index is 10.3. The molecular formula is C81H181N3O12. The molecule has 0 unspecified atom stereocenters. The van der Waals surface area contributed by atoms with E-state index in [0.717, 1.165) is 96.9 Å². The second-order valence-electron chi connectivity index (χ2n) is 20.8. The molecule has 0 rings (SSSR count). The summed E-state index contributed by atoms with van der Waals surface area (Å²) in [6.45, 7) is 44.0. The summed E-state index contributed by atoms with van der Waals surface area (Å²) >= 11 is 0. The second kappa shape index (κ2) is 198. The van der Waals surface area contributed by atoms with Crippen LogP contribution in [0.2, 0.25) is 0 Å². The van der Waals surface area contributed by atoms with Gasteiger partial charge in [-0.05, 0) is 104 Å². The van der Waals surface area contributed by atoms with Crippen molar-refractivity contribution in [1.29, 1.82) is 0 Å². The standard InChI is InChI=1S/C18H36O2.C17H30O2.C15H32.C4H11NO2.C4H10O.C4H8O.C3H9N.C3H8.C2H7N.C2H6O.3C2H6.3CH2O/c1-3-4-5-6-7-8-9-10-11-12-13-14-15-16-17-18-20-19-2;1-2-3-4-5-6-7-8-9-10-11-12-13-14-15-16-17(18)19;1-3-5-7-9-11-13-15-14-12-10-8-6-4-2;1-5-3-4-7-6-2;1-3-4-5-2;1-2-3-4-5;1-2-3-4;1-3-2;1-2-3;1-3-2;6*1-2/h7-8H,3-6,9-18H2,1-2H3;5-6,8-9H,2-4,7,10-16H2,1H3,(H,18,19);3-15H2,1-2H3;5H,3-4H2,1-2H3;3-4H2,1-2H3;4H,2-3H2,1H3;2-4H2,1H3;3H2,1-2H3;2-3H2,1H3;1-2H3;3*1-2H3;3*1H2/b8-7-;6-5-,9-8-;;;;;;;;;;;;;;. The van der Waals surface area contributed by atoms with Gasteiger partial charge in [-0.1, -0.05) is 321 Å². The molecule has 96 heavy (non-hydrogen) atoms. The molecule has 0 spiro atoms. The number of nitrogens with one attached hydrogen (secondary N) is 1. The predicted octanol–water partition coefficient (Wildman–Crippen LogP) is 24.1. The van der Waals surface area contributed by atoms with Crippen LogP contribution in [0.25, 0.3) is 0 Å². The van der Waals surface area contributed by atoms with E-state index in [2.05, 4.69) is 117 Å². The van der Waals surface area contributed by atoms with Crippen molar-refractivity contribution in [2.24, 2.45) is 11.5 Å². The molecule has 0 heterocycles. The summed E-state index contributed by atoms with van der Waals surface area (Å²) in [5, 5.41) is 11.4. The van der Waals surface area contributed by atoms with E-state index in [0.29, 0.717) is 19.4 Å². The number of aliphatic carboxylic acids is 1. The van der Waals surface area contributed by atoms with E-state index in [-0.39, 0.29) is 0 Å². The molecule has 0 amide bonds. The number of nitrogens with two attached hydrogens (primary N) is 2. The lowest BCUT2D eigenvalue weighted by atomic mass is 10.1. The average molecular weight is 1390 g/mol. The minimum absolute atomic E-state index is 0.324. The normalized spacial score (nSPS) is 9.08. The molecule has 0 aliphatic carbocycles. The van der Waals surface area contributed by atoms with Gasteiger partial charge in [0.05, 0.1) is 27.4 Å². The number of carboxylic acid groups (broad SMARTS) is 1. The molecule has 15 heteroatoms. The van der Waals surface area contributed by atoms with Gasteiger partial charge in [0.2, 0.25) is 0 Å². The van der Waals surface area contributed by atoms with Crippen molar-refractivity contribution >= 4 is 32.6 Å². The summed E-state index contributed by atoms with van der Waals surface area (Å²) in [6.07, 6.45) is 67.9. The van der Waals surface area contributed by atoms with Crippen LogP contribution < -0.4 is 16.8 Å². The fourth-order valence-electron chi connectivity index (χ4n) is 6.85. The van der Waals surface area contributed by atoms with Crippen molar-refractivity contribution in [2.45, 2.75) is 380 Å². The molecule has 0 saturated heterocycles. The van der Waals surface area contributed by atoms with Crippen LogP contribution in [-0.4, -0.2) is 120 Å². The Bertz CT molecular complexity index is 1070. The van der Waals surface area contributed by atoms with Crippen LogP contribution in [0.1, 0.15) is 380 Å². The van der Waals surface area contributed by atoms with Crippen LogP contribution in [-0.2, 0) is 53.0 Å². The Labute approximate surface area is 603 Å². The molecule has 0 fully saturated rings. The second-order valence-corrected chi connectivity index (χ2v) is 20.8. The third-order valence-electron chi connectivity index (χ3n) is 11.6. The molecule has 0 atom stereocenters. The first-order valence-electron chi connectivity index (χ1n) is 38.7. The lowest BCUT2D eigenvalue weighted by molar-refractivity contribution is -0.272. The van der Waals surface area contributed by atoms with Gasteiger partial charge in [-0.2, -0.15) is 0 Å². The number of carbonyl (C=O) groups is 5. The number of methoxy groups -OCH3 is 2. The number of aldehydes is 1. The number of hydrogen-bond donors (Lipinski definition) is 4. The lowest BCUT2D eigenvalue weighted by Crippen LogP contribution is -2.13. The Morgan fingerprint density at radius 2 is 0.656 bits per heavy atom. The average Bonchev–Trinajstić information content (AvgIpc) is 3.63. The number of unbranched alkanes of at least 4 members (excludes halogenated alkanes) is 31. The van der Waals surface area contributed by atoms with E-state index in [1.54, 1.807) is 28.4 Å². The number of likely N-dealkylation sites (N-methyl/N-ethyl adjacent to an activating group) is 1. The zero-order chi connectivity index (χ0) is 77.4. The highest BCUT2D eigenvalue weighted by Crippen LogP contribution is 2.13. The van der Waals surface area contributed by atoms with Crippen molar-refractivity contribution in [3.05, 3.63) is 36.5 Å². The highest BCUT2D eigenvalue weighted by atomic mass is 17.2. The number of ether oxygens (including phenoxy) is 2. The predicted molar refractivity (Wildman–Crippen MR) is 430 cm³/mol. The first kappa shape index (κ1) is 133. The summed E-state index contributed by atoms with van der Waals surface area (Å²) in [5.41, 5.74) is 9.88. The number of rotatable bonds is 50. The van der Waals surface area contributed by atoms with Gasteiger partial charge in [0, 0.05) is 47.3 Å². The molecule has 592 valence electrons. The molecule has 0 saturated carbocycles. The smallest absolute Gasteiger partial charge is 0.303 e. The fraction of sp³-hybridized carbons (Fsp3) is 0.864. The number of carbonyl (C=O) groups excluding carboxylic acids is 4. The summed E-state index contributed by atoms with van der Waals surface area (Å²) in [4.78, 5) is 61.9. The topological polar surface area (TPSA) is 225 Å². The van der Waals surface area contributed by atoms with E-state index < -0.39 is 5.97 Å².